The van der Waals surface area contributed by atoms with Gasteiger partial charge in [0.15, 0.2) is 5.78 Å². The molecule has 0 amide bonds. The van der Waals surface area contributed by atoms with Crippen LogP contribution in [0.25, 0.3) is 0 Å². The minimum absolute atomic E-state index is 0.0549. The fourth-order valence-corrected chi connectivity index (χ4v) is 4.79. The zero-order chi connectivity index (χ0) is 37.8. The molecule has 4 rings (SSSR count). The first-order valence-electron chi connectivity index (χ1n) is 17.3. The second-order valence-electron chi connectivity index (χ2n) is 11.9. The number of aliphatic imine (C=N–C) groups is 1. The number of ether oxygens (including phenoxy) is 5. The van der Waals surface area contributed by atoms with Gasteiger partial charge in [-0.05, 0) is 147 Å². The molecule has 0 unspecified atom stereocenters. The Morgan fingerprint density at radius 3 is 1.77 bits per heavy atom. The molecule has 0 radical (unpaired) electrons. The third kappa shape index (κ3) is 13.7. The summed E-state index contributed by atoms with van der Waals surface area (Å²) in [6, 6.07) is 25.7. The third-order valence-electron chi connectivity index (χ3n) is 7.78. The molecule has 10 nitrogen and oxygen atoms in total. The number of carbonyl (C=O) groups excluding carboxylic acids is 4. The van der Waals surface area contributed by atoms with Crippen molar-refractivity contribution >= 4 is 35.6 Å². The highest BCUT2D eigenvalue weighted by atomic mass is 16.5. The summed E-state index contributed by atoms with van der Waals surface area (Å²) in [5.41, 5.74) is 2.99. The number of esters is 3. The van der Waals surface area contributed by atoms with Crippen LogP contribution >= 0.6 is 0 Å². The monoisotopic (exact) mass is 717 g/mol. The van der Waals surface area contributed by atoms with Gasteiger partial charge in [-0.3, -0.25) is 9.79 Å². The number of aryl methyl sites for hydroxylation is 1. The molecule has 0 aliphatic rings. The van der Waals surface area contributed by atoms with Gasteiger partial charge < -0.3 is 23.7 Å². The summed E-state index contributed by atoms with van der Waals surface area (Å²) in [5.74, 6) is 0.719. The summed E-state index contributed by atoms with van der Waals surface area (Å²) in [7, 11) is 0. The summed E-state index contributed by atoms with van der Waals surface area (Å²) in [5, 5.41) is 0. The Hall–Kier alpha value is -6.29. The van der Waals surface area contributed by atoms with Crippen molar-refractivity contribution in [3.63, 3.8) is 0 Å². The molecule has 274 valence electrons. The fraction of sp³-hybridized carbons (Fsp3) is 0.233. The zero-order valence-corrected chi connectivity index (χ0v) is 29.8. The Labute approximate surface area is 309 Å². The van der Waals surface area contributed by atoms with Crippen molar-refractivity contribution < 1.29 is 42.9 Å². The predicted molar refractivity (Wildman–Crippen MR) is 203 cm³/mol. The molecule has 0 bridgehead atoms. The standard InChI is InChI=1S/C43H43NO9/c1-4-36(45)11-7-6-8-26-49-37-23-16-34(17-24-37)43(48)53-40-25-18-35(29-31(40)3)44-30-32-12-19-39(20-13-32)52-42(47)33-14-21-38(22-15-33)50-27-9-10-28-51-41(46)5-2/h4-5,12-25,29-30H,1-2,6-11,26-28H2,3H3. The highest BCUT2D eigenvalue weighted by Gasteiger charge is 2.12. The Balaban J connectivity index is 1.19. The first-order chi connectivity index (χ1) is 25.7. The van der Waals surface area contributed by atoms with Gasteiger partial charge in [-0.25, -0.2) is 14.4 Å². The van der Waals surface area contributed by atoms with E-state index in [-0.39, 0.29) is 5.78 Å². The molecule has 0 N–H and O–H groups in total. The topological polar surface area (TPSA) is 127 Å². The maximum atomic E-state index is 12.8. The van der Waals surface area contributed by atoms with Crippen molar-refractivity contribution in [3.05, 3.63) is 139 Å². The Bertz CT molecular complexity index is 1880. The average Bonchev–Trinajstić information content (AvgIpc) is 3.18. The molecule has 0 fully saturated rings. The number of unbranched alkanes of at least 4 members (excludes halogenated alkanes) is 3. The molecule has 53 heavy (non-hydrogen) atoms. The SMILES string of the molecule is C=CC(=O)CCCCCOc1ccc(C(=O)Oc2ccc(N=Cc3ccc(OC(=O)c4ccc(OCCCCOC(=O)C=C)cc4)cc3)cc2C)cc1. The first kappa shape index (κ1) is 39.5. The van der Waals surface area contributed by atoms with E-state index in [1.807, 2.05) is 13.0 Å². The number of carbonyl (C=O) groups is 4. The molecule has 0 aliphatic heterocycles. The molecule has 0 atom stereocenters. The molecule has 0 spiro atoms. The van der Waals surface area contributed by atoms with Crippen LogP contribution in [0.4, 0.5) is 5.69 Å². The lowest BCUT2D eigenvalue weighted by Crippen LogP contribution is -2.09. The van der Waals surface area contributed by atoms with Crippen molar-refractivity contribution in [2.75, 3.05) is 19.8 Å². The maximum Gasteiger partial charge on any atom is 0.343 e. The maximum absolute atomic E-state index is 12.8. The number of rotatable bonds is 21. The molecule has 4 aromatic carbocycles. The second-order valence-corrected chi connectivity index (χ2v) is 11.9. The average molecular weight is 718 g/mol. The number of hydrogen-bond acceptors (Lipinski definition) is 10. The normalized spacial score (nSPS) is 10.7. The highest BCUT2D eigenvalue weighted by Crippen LogP contribution is 2.25. The van der Waals surface area contributed by atoms with Crippen LogP contribution in [-0.4, -0.2) is 49.7 Å². The molecule has 4 aromatic rings. The fourth-order valence-electron chi connectivity index (χ4n) is 4.79. The molecule has 10 heteroatoms. The molecule has 0 saturated carbocycles. The summed E-state index contributed by atoms with van der Waals surface area (Å²) < 4.78 is 27.5. The minimum atomic E-state index is -0.498. The van der Waals surface area contributed by atoms with E-state index in [4.69, 9.17) is 23.7 Å². The quantitative estimate of drug-likeness (QED) is 0.0273. The van der Waals surface area contributed by atoms with Crippen molar-refractivity contribution in [3.8, 4) is 23.0 Å². The summed E-state index contributed by atoms with van der Waals surface area (Å²) >= 11 is 0. The second kappa shape index (κ2) is 21.2. The lowest BCUT2D eigenvalue weighted by atomic mass is 10.1. The number of nitrogens with zero attached hydrogens (tertiary/aromatic N) is 1. The van der Waals surface area contributed by atoms with Crippen LogP contribution in [0.5, 0.6) is 23.0 Å². The van der Waals surface area contributed by atoms with Gasteiger partial charge in [-0.1, -0.05) is 13.2 Å². The van der Waals surface area contributed by atoms with Gasteiger partial charge in [0.1, 0.15) is 23.0 Å². The Kier molecular flexibility index (Phi) is 15.8. The van der Waals surface area contributed by atoms with Crippen LogP contribution in [0.3, 0.4) is 0 Å². The van der Waals surface area contributed by atoms with Crippen LogP contribution in [0.2, 0.25) is 0 Å². The van der Waals surface area contributed by atoms with Crippen molar-refractivity contribution in [2.24, 2.45) is 4.99 Å². The van der Waals surface area contributed by atoms with Crippen LogP contribution in [0.1, 0.15) is 70.4 Å². The third-order valence-corrected chi connectivity index (χ3v) is 7.78. The summed E-state index contributed by atoms with van der Waals surface area (Å²) in [4.78, 5) is 52.3. The Morgan fingerprint density at radius 1 is 0.623 bits per heavy atom. The molecule has 0 aromatic heterocycles. The smallest absolute Gasteiger partial charge is 0.343 e. The van der Waals surface area contributed by atoms with E-state index < -0.39 is 17.9 Å². The lowest BCUT2D eigenvalue weighted by Gasteiger charge is -2.09. The van der Waals surface area contributed by atoms with E-state index in [1.54, 1.807) is 91.1 Å². The largest absolute Gasteiger partial charge is 0.494 e. The van der Waals surface area contributed by atoms with Gasteiger partial charge in [0, 0.05) is 18.7 Å². The van der Waals surface area contributed by atoms with Gasteiger partial charge in [0.2, 0.25) is 0 Å². The lowest BCUT2D eigenvalue weighted by molar-refractivity contribution is -0.137. The van der Waals surface area contributed by atoms with Gasteiger partial charge >= 0.3 is 17.9 Å². The molecule has 0 aliphatic carbocycles. The highest BCUT2D eigenvalue weighted by molar-refractivity contribution is 5.92. The molecule has 0 heterocycles. The van der Waals surface area contributed by atoms with E-state index in [0.29, 0.717) is 78.9 Å². The van der Waals surface area contributed by atoms with E-state index in [1.165, 1.54) is 6.08 Å². The molecular weight excluding hydrogens is 674 g/mol. The molecule has 0 saturated heterocycles. The summed E-state index contributed by atoms with van der Waals surface area (Å²) in [6.07, 6.45) is 8.56. The van der Waals surface area contributed by atoms with Crippen molar-refractivity contribution in [1.82, 2.24) is 0 Å². The van der Waals surface area contributed by atoms with Crippen LogP contribution in [0, 0.1) is 6.92 Å². The van der Waals surface area contributed by atoms with Crippen molar-refractivity contribution in [1.29, 1.82) is 0 Å². The van der Waals surface area contributed by atoms with E-state index in [2.05, 4.69) is 18.2 Å². The van der Waals surface area contributed by atoms with E-state index in [9.17, 15) is 19.2 Å². The summed E-state index contributed by atoms with van der Waals surface area (Å²) in [6.45, 7) is 9.95. The number of hydrogen-bond donors (Lipinski definition) is 0. The number of ketones is 1. The van der Waals surface area contributed by atoms with Crippen LogP contribution in [0.15, 0.2) is 121 Å². The van der Waals surface area contributed by atoms with E-state index in [0.717, 1.165) is 36.5 Å². The van der Waals surface area contributed by atoms with Gasteiger partial charge in [-0.15, -0.1) is 0 Å². The molecular formula is C43H43NO9. The zero-order valence-electron chi connectivity index (χ0n) is 29.8. The predicted octanol–water partition coefficient (Wildman–Crippen LogP) is 8.77. The minimum Gasteiger partial charge on any atom is -0.494 e. The van der Waals surface area contributed by atoms with E-state index >= 15 is 0 Å². The van der Waals surface area contributed by atoms with Gasteiger partial charge in [0.25, 0.3) is 0 Å². The Morgan fingerprint density at radius 2 is 1.19 bits per heavy atom. The van der Waals surface area contributed by atoms with Crippen molar-refractivity contribution in [2.45, 2.75) is 45.4 Å². The van der Waals surface area contributed by atoms with Gasteiger partial charge in [0.05, 0.1) is 36.6 Å². The number of allylic oxidation sites excluding steroid dienone is 1. The van der Waals surface area contributed by atoms with Crippen LogP contribution in [-0.2, 0) is 14.3 Å². The van der Waals surface area contributed by atoms with Gasteiger partial charge in [-0.2, -0.15) is 0 Å². The number of benzene rings is 4. The van der Waals surface area contributed by atoms with Crippen LogP contribution < -0.4 is 18.9 Å². The first-order valence-corrected chi connectivity index (χ1v) is 17.3.